The Morgan fingerprint density at radius 1 is 1.00 bits per heavy atom. The van der Waals surface area contributed by atoms with Gasteiger partial charge in [-0.25, -0.2) is 0 Å². The molecule has 0 saturated carbocycles. The molecule has 84 valence electrons. The van der Waals surface area contributed by atoms with Crippen LogP contribution < -0.4 is 4.74 Å². The molecule has 0 spiro atoms. The molecule has 0 unspecified atom stereocenters. The third-order valence-corrected chi connectivity index (χ3v) is 2.78. The molecule has 2 aromatic rings. The Bertz CT molecular complexity index is 559. The third kappa shape index (κ3) is 2.32. The molecular formula is C16H14O. The van der Waals surface area contributed by atoms with Crippen LogP contribution in [-0.2, 0) is 0 Å². The molecule has 0 atom stereocenters. The number of benzene rings is 2. The molecule has 0 amide bonds. The summed E-state index contributed by atoms with van der Waals surface area (Å²) in [5.41, 5.74) is 4.37. The molecule has 0 radical (unpaired) electrons. The first-order valence-corrected chi connectivity index (χ1v) is 5.46. The largest absolute Gasteiger partial charge is 0.496 e. The lowest BCUT2D eigenvalue weighted by Gasteiger charge is -2.07. The van der Waals surface area contributed by atoms with Gasteiger partial charge in [-0.3, -0.25) is 0 Å². The van der Waals surface area contributed by atoms with Crippen LogP contribution in [-0.4, -0.2) is 7.11 Å². The van der Waals surface area contributed by atoms with E-state index in [1.165, 1.54) is 5.56 Å². The summed E-state index contributed by atoms with van der Waals surface area (Å²) in [5.74, 6) is 3.53. The lowest BCUT2D eigenvalue weighted by Crippen LogP contribution is -1.87. The fourth-order valence-electron chi connectivity index (χ4n) is 1.82. The van der Waals surface area contributed by atoms with Gasteiger partial charge in [0.15, 0.2) is 0 Å². The quantitative estimate of drug-likeness (QED) is 0.705. The highest BCUT2D eigenvalue weighted by atomic mass is 16.5. The number of aryl methyl sites for hydroxylation is 1. The average molecular weight is 222 g/mol. The molecule has 2 aromatic carbocycles. The average Bonchev–Trinajstić information content (AvgIpc) is 2.39. The highest BCUT2D eigenvalue weighted by molar-refractivity contribution is 5.66. The first-order chi connectivity index (χ1) is 8.24. The van der Waals surface area contributed by atoms with Gasteiger partial charge in [0.2, 0.25) is 0 Å². The van der Waals surface area contributed by atoms with Gasteiger partial charge in [-0.15, -0.1) is 6.42 Å². The zero-order chi connectivity index (χ0) is 12.3. The molecule has 0 aliphatic rings. The highest BCUT2D eigenvalue weighted by Gasteiger charge is 2.02. The molecular weight excluding hydrogens is 208 g/mol. The Morgan fingerprint density at radius 2 is 1.65 bits per heavy atom. The van der Waals surface area contributed by atoms with E-state index >= 15 is 0 Å². The number of hydrogen-bond acceptors (Lipinski definition) is 1. The van der Waals surface area contributed by atoms with Gasteiger partial charge in [0.25, 0.3) is 0 Å². The minimum atomic E-state index is 0.902. The molecule has 1 heteroatoms. The van der Waals surface area contributed by atoms with E-state index in [1.54, 1.807) is 7.11 Å². The zero-order valence-corrected chi connectivity index (χ0v) is 10.0. The monoisotopic (exact) mass is 222 g/mol. The fourth-order valence-corrected chi connectivity index (χ4v) is 1.82. The minimum absolute atomic E-state index is 0.902. The number of rotatable bonds is 2. The first-order valence-electron chi connectivity index (χ1n) is 5.46. The van der Waals surface area contributed by atoms with Crippen LogP contribution in [0.15, 0.2) is 42.5 Å². The van der Waals surface area contributed by atoms with Crippen molar-refractivity contribution in [1.82, 2.24) is 0 Å². The maximum absolute atomic E-state index is 5.33. The van der Waals surface area contributed by atoms with Crippen LogP contribution in [0.4, 0.5) is 0 Å². The van der Waals surface area contributed by atoms with E-state index in [4.69, 9.17) is 11.2 Å². The molecule has 0 fully saturated rings. The van der Waals surface area contributed by atoms with Gasteiger partial charge in [-0.2, -0.15) is 0 Å². The summed E-state index contributed by atoms with van der Waals surface area (Å²) >= 11 is 0. The van der Waals surface area contributed by atoms with Gasteiger partial charge < -0.3 is 4.74 Å². The molecule has 0 saturated heterocycles. The van der Waals surface area contributed by atoms with Gasteiger partial charge in [0.1, 0.15) is 5.75 Å². The second-order valence-corrected chi connectivity index (χ2v) is 3.91. The zero-order valence-electron chi connectivity index (χ0n) is 10.0. The second kappa shape index (κ2) is 4.76. The second-order valence-electron chi connectivity index (χ2n) is 3.91. The van der Waals surface area contributed by atoms with Crippen LogP contribution in [0.25, 0.3) is 11.1 Å². The maximum atomic E-state index is 5.33. The Hall–Kier alpha value is -2.20. The van der Waals surface area contributed by atoms with Gasteiger partial charge in [0.05, 0.1) is 7.11 Å². The summed E-state index contributed by atoms with van der Waals surface area (Å²) in [5, 5.41) is 0. The van der Waals surface area contributed by atoms with E-state index in [0.717, 1.165) is 22.4 Å². The number of methoxy groups -OCH3 is 1. The van der Waals surface area contributed by atoms with Crippen molar-refractivity contribution < 1.29 is 4.74 Å². The van der Waals surface area contributed by atoms with Crippen molar-refractivity contribution in [2.75, 3.05) is 7.11 Å². The van der Waals surface area contributed by atoms with Crippen molar-refractivity contribution in [2.24, 2.45) is 0 Å². The summed E-state index contributed by atoms with van der Waals surface area (Å²) in [6.07, 6.45) is 5.33. The van der Waals surface area contributed by atoms with Gasteiger partial charge in [-0.05, 0) is 47.9 Å². The van der Waals surface area contributed by atoms with Crippen molar-refractivity contribution >= 4 is 0 Å². The van der Waals surface area contributed by atoms with Crippen molar-refractivity contribution in [3.8, 4) is 29.2 Å². The normalized spacial score (nSPS) is 9.71. The molecule has 0 aliphatic carbocycles. The van der Waals surface area contributed by atoms with Crippen LogP contribution in [0.3, 0.4) is 0 Å². The molecule has 0 N–H and O–H groups in total. The van der Waals surface area contributed by atoms with Crippen LogP contribution in [0.2, 0.25) is 0 Å². The SMILES string of the molecule is C#Cc1ccc(-c2ccc(OC)c(C)c2)cc1. The van der Waals surface area contributed by atoms with Crippen molar-refractivity contribution in [2.45, 2.75) is 6.92 Å². The predicted molar refractivity (Wildman–Crippen MR) is 71.1 cm³/mol. The Morgan fingerprint density at radius 3 is 2.18 bits per heavy atom. The maximum Gasteiger partial charge on any atom is 0.121 e. The Labute approximate surface area is 102 Å². The molecule has 0 heterocycles. The van der Waals surface area contributed by atoms with E-state index in [2.05, 4.69) is 18.1 Å². The van der Waals surface area contributed by atoms with Gasteiger partial charge >= 0.3 is 0 Å². The number of terminal acetylenes is 1. The van der Waals surface area contributed by atoms with Crippen LogP contribution in [0.1, 0.15) is 11.1 Å². The van der Waals surface area contributed by atoms with E-state index < -0.39 is 0 Å². The Balaban J connectivity index is 2.40. The topological polar surface area (TPSA) is 9.23 Å². The molecule has 17 heavy (non-hydrogen) atoms. The summed E-state index contributed by atoms with van der Waals surface area (Å²) in [6.45, 7) is 2.04. The minimum Gasteiger partial charge on any atom is -0.496 e. The van der Waals surface area contributed by atoms with Crippen LogP contribution in [0.5, 0.6) is 5.75 Å². The van der Waals surface area contributed by atoms with Crippen LogP contribution >= 0.6 is 0 Å². The van der Waals surface area contributed by atoms with E-state index in [9.17, 15) is 0 Å². The standard InChI is InChI=1S/C16H14O/c1-4-13-5-7-14(8-6-13)15-9-10-16(17-3)12(2)11-15/h1,5-11H,2-3H3. The fraction of sp³-hybridized carbons (Fsp3) is 0.125. The third-order valence-electron chi connectivity index (χ3n) is 2.78. The van der Waals surface area contributed by atoms with Crippen molar-refractivity contribution in [1.29, 1.82) is 0 Å². The predicted octanol–water partition coefficient (Wildman–Crippen LogP) is 3.65. The van der Waals surface area contributed by atoms with Crippen LogP contribution in [0, 0.1) is 19.3 Å². The Kier molecular flexibility index (Phi) is 3.16. The smallest absolute Gasteiger partial charge is 0.121 e. The first kappa shape index (κ1) is 11.3. The molecule has 0 aliphatic heterocycles. The summed E-state index contributed by atoms with van der Waals surface area (Å²) in [6, 6.07) is 14.1. The highest BCUT2D eigenvalue weighted by Crippen LogP contribution is 2.26. The summed E-state index contributed by atoms with van der Waals surface area (Å²) < 4.78 is 5.25. The van der Waals surface area contributed by atoms with Gasteiger partial charge in [0, 0.05) is 5.56 Å². The number of hydrogen-bond donors (Lipinski definition) is 0. The molecule has 1 nitrogen and oxygen atoms in total. The lowest BCUT2D eigenvalue weighted by atomic mass is 10.0. The van der Waals surface area contributed by atoms with Crippen molar-refractivity contribution in [3.05, 3.63) is 53.6 Å². The van der Waals surface area contributed by atoms with Gasteiger partial charge in [-0.1, -0.05) is 24.1 Å². The summed E-state index contributed by atoms with van der Waals surface area (Å²) in [7, 11) is 1.68. The summed E-state index contributed by atoms with van der Waals surface area (Å²) in [4.78, 5) is 0. The lowest BCUT2D eigenvalue weighted by molar-refractivity contribution is 0.412. The van der Waals surface area contributed by atoms with E-state index in [1.807, 2.05) is 37.3 Å². The molecule has 2 rings (SSSR count). The molecule has 0 bridgehead atoms. The molecule has 0 aromatic heterocycles. The van der Waals surface area contributed by atoms with E-state index in [-0.39, 0.29) is 0 Å². The van der Waals surface area contributed by atoms with E-state index in [0.29, 0.717) is 0 Å². The van der Waals surface area contributed by atoms with Crippen molar-refractivity contribution in [3.63, 3.8) is 0 Å². The number of ether oxygens (including phenoxy) is 1.